The second kappa shape index (κ2) is 3.75. The first-order valence-electron chi connectivity index (χ1n) is 8.02. The molecule has 4 aliphatic rings. The van der Waals surface area contributed by atoms with Crippen LogP contribution in [-0.2, 0) is 5.41 Å². The summed E-state index contributed by atoms with van der Waals surface area (Å²) in [6, 6.07) is 9.37. The normalized spacial score (nSPS) is 38.4. The van der Waals surface area contributed by atoms with E-state index >= 15 is 0 Å². The maximum atomic E-state index is 5.04. The summed E-state index contributed by atoms with van der Waals surface area (Å²) in [7, 11) is 0. The molecule has 0 amide bonds. The Morgan fingerprint density at radius 1 is 1.38 bits per heavy atom. The maximum absolute atomic E-state index is 5.04. The van der Waals surface area contributed by atoms with Gasteiger partial charge in [0.05, 0.1) is 16.8 Å². The fourth-order valence-electron chi connectivity index (χ4n) is 5.28. The molecule has 0 radical (unpaired) electrons. The Hall–Kier alpha value is -1.67. The number of para-hydroxylation sites is 1. The molecular formula is C19H20N2. The summed E-state index contributed by atoms with van der Waals surface area (Å²) < 4.78 is 0. The molecule has 2 saturated heterocycles. The second-order valence-electron chi connectivity index (χ2n) is 6.86. The highest BCUT2D eigenvalue weighted by Gasteiger charge is 2.61. The molecule has 1 spiro atoms. The third kappa shape index (κ3) is 1.22. The van der Waals surface area contributed by atoms with Crippen LogP contribution in [0.4, 0.5) is 5.69 Å². The molecule has 0 aromatic heterocycles. The molecule has 2 heteroatoms. The van der Waals surface area contributed by atoms with Gasteiger partial charge in [0.25, 0.3) is 0 Å². The monoisotopic (exact) mass is 276 g/mol. The minimum absolute atomic E-state index is 0.142. The van der Waals surface area contributed by atoms with E-state index < -0.39 is 0 Å². The van der Waals surface area contributed by atoms with E-state index in [-0.39, 0.29) is 5.41 Å². The number of nitrogens with zero attached hydrogens (tertiary/aromatic N) is 2. The summed E-state index contributed by atoms with van der Waals surface area (Å²) in [6.45, 7) is 8.97. The molecule has 5 rings (SSSR count). The van der Waals surface area contributed by atoms with Crippen molar-refractivity contribution >= 4 is 11.4 Å². The van der Waals surface area contributed by atoms with Gasteiger partial charge >= 0.3 is 0 Å². The molecule has 21 heavy (non-hydrogen) atoms. The van der Waals surface area contributed by atoms with Crippen LogP contribution < -0.4 is 0 Å². The predicted octanol–water partition coefficient (Wildman–Crippen LogP) is 3.62. The summed E-state index contributed by atoms with van der Waals surface area (Å²) >= 11 is 0. The number of fused-ring (bicyclic) bond motifs is 2. The minimum atomic E-state index is 0.142. The van der Waals surface area contributed by atoms with Gasteiger partial charge < -0.3 is 0 Å². The Kier molecular flexibility index (Phi) is 2.13. The van der Waals surface area contributed by atoms with E-state index in [0.717, 1.165) is 6.54 Å². The summed E-state index contributed by atoms with van der Waals surface area (Å²) in [5.74, 6) is 0.524. The zero-order chi connectivity index (χ0) is 14.2. The highest BCUT2D eigenvalue weighted by Crippen LogP contribution is 2.59. The molecule has 3 heterocycles. The lowest BCUT2D eigenvalue weighted by Crippen LogP contribution is -2.56. The lowest BCUT2D eigenvalue weighted by molar-refractivity contribution is 0.179. The van der Waals surface area contributed by atoms with E-state index in [1.807, 2.05) is 0 Å². The Morgan fingerprint density at radius 2 is 2.24 bits per heavy atom. The molecule has 1 aromatic rings. The molecule has 3 atom stereocenters. The van der Waals surface area contributed by atoms with Gasteiger partial charge in [-0.3, -0.25) is 9.89 Å². The Morgan fingerprint density at radius 3 is 3.10 bits per heavy atom. The first-order chi connectivity index (χ1) is 10.3. The lowest BCUT2D eigenvalue weighted by atomic mass is 9.59. The van der Waals surface area contributed by atoms with E-state index in [1.165, 1.54) is 41.9 Å². The number of aliphatic imine (C=N–C) groups is 1. The standard InChI is InChI=1S/C19H20N2/c1-3-13-11-21-9-8-19-15-6-4-5-7-16(15)20-18(19)12(2)14(13)10-17(19)21/h3-7,14,17H,2,8-11H2,1H3/t14-,17+,19-/m1/s1. The van der Waals surface area contributed by atoms with Crippen molar-refractivity contribution in [1.82, 2.24) is 4.90 Å². The SMILES string of the molecule is C=C1C2=Nc3ccccc3[C@@]23CCN2CC(=CC)[C@@H]1C[C@H]23. The number of benzene rings is 1. The van der Waals surface area contributed by atoms with Gasteiger partial charge in [0, 0.05) is 25.0 Å². The van der Waals surface area contributed by atoms with Crippen LogP contribution in [0, 0.1) is 5.92 Å². The van der Waals surface area contributed by atoms with E-state index in [4.69, 9.17) is 4.99 Å². The first-order valence-corrected chi connectivity index (χ1v) is 8.02. The van der Waals surface area contributed by atoms with Crippen molar-refractivity contribution in [3.8, 4) is 0 Å². The Balaban J connectivity index is 1.78. The van der Waals surface area contributed by atoms with Crippen LogP contribution >= 0.6 is 0 Å². The average Bonchev–Trinajstić information content (AvgIpc) is 3.07. The number of hydrogen-bond donors (Lipinski definition) is 0. The quantitative estimate of drug-likeness (QED) is 0.661. The second-order valence-corrected chi connectivity index (χ2v) is 6.86. The molecule has 1 aliphatic carbocycles. The molecule has 0 unspecified atom stereocenters. The maximum Gasteiger partial charge on any atom is 0.0675 e. The van der Waals surface area contributed by atoms with Gasteiger partial charge in [0.2, 0.25) is 0 Å². The number of hydrogen-bond acceptors (Lipinski definition) is 2. The van der Waals surface area contributed by atoms with Crippen molar-refractivity contribution in [3.05, 3.63) is 53.6 Å². The van der Waals surface area contributed by atoms with Crippen LogP contribution in [0.2, 0.25) is 0 Å². The third-order valence-corrected chi connectivity index (χ3v) is 6.23. The third-order valence-electron chi connectivity index (χ3n) is 6.23. The Labute approximate surface area is 125 Å². The molecule has 1 aromatic carbocycles. The van der Waals surface area contributed by atoms with E-state index in [0.29, 0.717) is 12.0 Å². The van der Waals surface area contributed by atoms with Gasteiger partial charge in [-0.05, 0) is 37.0 Å². The van der Waals surface area contributed by atoms with Crippen LogP contribution in [0.3, 0.4) is 0 Å². The smallest absolute Gasteiger partial charge is 0.0675 e. The largest absolute Gasteiger partial charge is 0.295 e. The molecule has 2 bridgehead atoms. The minimum Gasteiger partial charge on any atom is -0.295 e. The van der Waals surface area contributed by atoms with Crippen molar-refractivity contribution < 1.29 is 0 Å². The molecule has 3 fully saturated rings. The van der Waals surface area contributed by atoms with Crippen LogP contribution in [0.25, 0.3) is 0 Å². The van der Waals surface area contributed by atoms with Crippen LogP contribution in [0.5, 0.6) is 0 Å². The van der Waals surface area contributed by atoms with Crippen LogP contribution in [0.1, 0.15) is 25.3 Å². The highest BCUT2D eigenvalue weighted by atomic mass is 15.2. The molecular weight excluding hydrogens is 256 g/mol. The number of piperidine rings is 1. The van der Waals surface area contributed by atoms with Crippen molar-refractivity contribution in [1.29, 1.82) is 0 Å². The van der Waals surface area contributed by atoms with E-state index in [9.17, 15) is 0 Å². The van der Waals surface area contributed by atoms with Crippen LogP contribution in [-0.4, -0.2) is 29.7 Å². The first kappa shape index (κ1) is 11.9. The van der Waals surface area contributed by atoms with Crippen LogP contribution in [0.15, 0.2) is 53.1 Å². The van der Waals surface area contributed by atoms with Gasteiger partial charge in [-0.15, -0.1) is 0 Å². The molecule has 106 valence electrons. The van der Waals surface area contributed by atoms with Gasteiger partial charge in [0.15, 0.2) is 0 Å². The molecule has 1 saturated carbocycles. The summed E-state index contributed by atoms with van der Waals surface area (Å²) in [4.78, 5) is 7.73. The highest BCUT2D eigenvalue weighted by molar-refractivity contribution is 6.14. The fraction of sp³-hybridized carbons (Fsp3) is 0.421. The van der Waals surface area contributed by atoms with Gasteiger partial charge in [-0.1, -0.05) is 36.4 Å². The molecule has 2 nitrogen and oxygen atoms in total. The molecule has 0 N–H and O–H groups in total. The van der Waals surface area contributed by atoms with Gasteiger partial charge in [-0.25, -0.2) is 0 Å². The molecule has 3 aliphatic heterocycles. The summed E-state index contributed by atoms with van der Waals surface area (Å²) in [5, 5.41) is 0. The predicted molar refractivity (Wildman–Crippen MR) is 86.2 cm³/mol. The van der Waals surface area contributed by atoms with Gasteiger partial charge in [0.1, 0.15) is 0 Å². The zero-order valence-corrected chi connectivity index (χ0v) is 12.5. The van der Waals surface area contributed by atoms with E-state index in [1.54, 1.807) is 5.57 Å². The van der Waals surface area contributed by atoms with Crippen molar-refractivity contribution in [2.45, 2.75) is 31.2 Å². The zero-order valence-electron chi connectivity index (χ0n) is 12.5. The average molecular weight is 276 g/mol. The number of allylic oxidation sites excluding steroid dienone is 2. The lowest BCUT2D eigenvalue weighted by Gasteiger charge is -2.49. The van der Waals surface area contributed by atoms with Crippen molar-refractivity contribution in [2.24, 2.45) is 10.9 Å². The summed E-state index contributed by atoms with van der Waals surface area (Å²) in [6.07, 6.45) is 4.74. The topological polar surface area (TPSA) is 15.6 Å². The van der Waals surface area contributed by atoms with E-state index in [2.05, 4.69) is 48.7 Å². The van der Waals surface area contributed by atoms with Crippen molar-refractivity contribution in [3.63, 3.8) is 0 Å². The summed E-state index contributed by atoms with van der Waals surface area (Å²) in [5.41, 5.74) is 6.92. The van der Waals surface area contributed by atoms with Gasteiger partial charge in [-0.2, -0.15) is 0 Å². The fourth-order valence-corrected chi connectivity index (χ4v) is 5.28. The number of rotatable bonds is 0. The van der Waals surface area contributed by atoms with Crippen molar-refractivity contribution in [2.75, 3.05) is 13.1 Å². The Bertz CT molecular complexity index is 727.